The Kier molecular flexibility index (Phi) is 6.79. The van der Waals surface area contributed by atoms with E-state index in [1.165, 1.54) is 0 Å². The zero-order valence-electron chi connectivity index (χ0n) is 21.4. The lowest BCUT2D eigenvalue weighted by molar-refractivity contribution is -0.140. The molecule has 0 radical (unpaired) electrons. The average Bonchev–Trinajstić information content (AvgIpc) is 3.64. The van der Waals surface area contributed by atoms with Crippen LogP contribution < -0.4 is 0 Å². The van der Waals surface area contributed by atoms with Crippen molar-refractivity contribution < 1.29 is 9.90 Å². The highest BCUT2D eigenvalue weighted by atomic mass is 35.5. The summed E-state index contributed by atoms with van der Waals surface area (Å²) in [4.78, 5) is 21.2. The maximum Gasteiger partial charge on any atom is 0.234 e. The van der Waals surface area contributed by atoms with Gasteiger partial charge in [-0.3, -0.25) is 4.79 Å². The van der Waals surface area contributed by atoms with Gasteiger partial charge in [0.05, 0.1) is 28.3 Å². The van der Waals surface area contributed by atoms with E-state index in [9.17, 15) is 9.90 Å². The number of aromatic nitrogens is 2. The third-order valence-electron chi connectivity index (χ3n) is 7.97. The molecule has 0 saturated carbocycles. The third-order valence-corrected chi connectivity index (χ3v) is 8.71. The molecule has 198 valence electrons. The lowest BCUT2D eigenvalue weighted by Crippen LogP contribution is -2.54. The summed E-state index contributed by atoms with van der Waals surface area (Å²) in [5.74, 6) is -0.0528. The van der Waals surface area contributed by atoms with E-state index in [-0.39, 0.29) is 5.91 Å². The molecule has 39 heavy (non-hydrogen) atoms. The van der Waals surface area contributed by atoms with Crippen molar-refractivity contribution in [3.8, 4) is 0 Å². The van der Waals surface area contributed by atoms with E-state index in [1.807, 2.05) is 84.6 Å². The topological polar surface area (TPSA) is 70.7 Å². The number of carbonyl (C=O) groups excluding carboxylic acids is 1. The minimum absolute atomic E-state index is 0.0961. The van der Waals surface area contributed by atoms with Gasteiger partial charge in [0.2, 0.25) is 5.91 Å². The number of fused-ring (bicyclic) bond motifs is 1. The van der Waals surface area contributed by atoms with Crippen LogP contribution in [0.15, 0.2) is 96.1 Å². The van der Waals surface area contributed by atoms with Crippen molar-refractivity contribution >= 4 is 40.6 Å². The predicted octanol–water partition coefficient (Wildman–Crippen LogP) is 6.43. The van der Waals surface area contributed by atoms with Gasteiger partial charge in [-0.05, 0) is 48.6 Å². The van der Waals surface area contributed by atoms with Crippen LogP contribution in [0.5, 0.6) is 0 Å². The zero-order chi connectivity index (χ0) is 27.1. The van der Waals surface area contributed by atoms with Crippen molar-refractivity contribution in [1.82, 2.24) is 14.7 Å². The summed E-state index contributed by atoms with van der Waals surface area (Å²) in [5, 5.41) is 17.9. The number of hydrogen-bond acceptors (Lipinski definition) is 4. The minimum Gasteiger partial charge on any atom is -0.378 e. The summed E-state index contributed by atoms with van der Waals surface area (Å²) in [5.41, 5.74) is 1.64. The number of nitrogens with zero attached hydrogens (tertiary/aromatic N) is 4. The fourth-order valence-corrected chi connectivity index (χ4v) is 6.46. The van der Waals surface area contributed by atoms with Crippen molar-refractivity contribution in [2.75, 3.05) is 6.54 Å². The maximum atomic E-state index is 14.6. The molecule has 3 atom stereocenters. The van der Waals surface area contributed by atoms with Gasteiger partial charge < -0.3 is 10.0 Å². The summed E-state index contributed by atoms with van der Waals surface area (Å²) in [6.45, 7) is 2.42. The number of benzene rings is 3. The van der Waals surface area contributed by atoms with Crippen LogP contribution in [0, 0.1) is 5.92 Å². The zero-order valence-corrected chi connectivity index (χ0v) is 22.9. The van der Waals surface area contributed by atoms with Gasteiger partial charge in [-0.2, -0.15) is 5.10 Å². The number of aliphatic imine (C=N–C) groups is 1. The third kappa shape index (κ3) is 4.37. The number of carbonyl (C=O) groups is 1. The van der Waals surface area contributed by atoms with E-state index < -0.39 is 23.6 Å². The quantitative estimate of drug-likeness (QED) is 0.307. The Morgan fingerprint density at radius 3 is 2.26 bits per heavy atom. The molecular weight excluding hydrogens is 531 g/mol. The number of halogens is 2. The Morgan fingerprint density at radius 1 is 0.949 bits per heavy atom. The molecule has 0 bridgehead atoms. The second-order valence-corrected chi connectivity index (χ2v) is 11.0. The molecule has 6 nitrogen and oxygen atoms in total. The van der Waals surface area contributed by atoms with Crippen molar-refractivity contribution in [3.63, 3.8) is 0 Å². The first kappa shape index (κ1) is 25.8. The fourth-order valence-electron chi connectivity index (χ4n) is 6.15. The molecule has 3 aromatic carbocycles. The molecule has 2 aliphatic rings. The number of likely N-dealkylation sites (tertiary alicyclic amines) is 1. The van der Waals surface area contributed by atoms with E-state index in [2.05, 4.69) is 5.10 Å². The highest BCUT2D eigenvalue weighted by molar-refractivity contribution is 6.42. The highest BCUT2D eigenvalue weighted by Crippen LogP contribution is 2.44. The molecule has 8 heteroatoms. The first-order valence-corrected chi connectivity index (χ1v) is 13.8. The van der Waals surface area contributed by atoms with Gasteiger partial charge in [-0.15, -0.1) is 0 Å². The SMILES string of the molecule is CC1=Nc2ccnn2C(c2ccc(Cl)c(Cl)c2)C1C(=O)N1CCC[C@@H]1C(O)(c1ccccc1)c1ccccc1. The van der Waals surface area contributed by atoms with E-state index >= 15 is 0 Å². The number of amides is 1. The van der Waals surface area contributed by atoms with Gasteiger partial charge in [-0.1, -0.05) is 89.9 Å². The summed E-state index contributed by atoms with van der Waals surface area (Å²) >= 11 is 12.7. The molecule has 1 amide bonds. The molecule has 1 saturated heterocycles. The van der Waals surface area contributed by atoms with Gasteiger partial charge >= 0.3 is 0 Å². The van der Waals surface area contributed by atoms with Crippen LogP contribution in [0.25, 0.3) is 0 Å². The Bertz CT molecular complexity index is 1500. The Morgan fingerprint density at radius 2 is 1.62 bits per heavy atom. The molecule has 1 fully saturated rings. The Balaban J connectivity index is 1.45. The molecule has 1 N–H and O–H groups in total. The monoisotopic (exact) mass is 558 g/mol. The molecule has 2 aliphatic heterocycles. The van der Waals surface area contributed by atoms with Crippen LogP contribution in [-0.4, -0.2) is 44.0 Å². The maximum absolute atomic E-state index is 14.6. The standard InChI is InChI=1S/C31H28Cl2N4O2/c1-20-28(29(37-27(35-20)16-17-34-37)21-14-15-24(32)25(33)19-21)30(38)36-18-8-13-26(36)31(39,22-9-4-2-5-10-22)23-11-6-3-7-12-23/h2-7,9-12,14-17,19,26,28-29,39H,8,13,18H2,1H3/t26-,28?,29?/m1/s1. The lowest BCUT2D eigenvalue weighted by Gasteiger charge is -2.42. The largest absolute Gasteiger partial charge is 0.378 e. The molecule has 2 unspecified atom stereocenters. The van der Waals surface area contributed by atoms with Crippen LogP contribution in [-0.2, 0) is 10.4 Å². The second kappa shape index (κ2) is 10.3. The first-order valence-electron chi connectivity index (χ1n) is 13.1. The molecule has 0 aliphatic carbocycles. The summed E-state index contributed by atoms with van der Waals surface area (Å²) in [7, 11) is 0. The highest BCUT2D eigenvalue weighted by Gasteiger charge is 2.50. The molecular formula is C31H28Cl2N4O2. The van der Waals surface area contributed by atoms with Crippen molar-refractivity contribution in [1.29, 1.82) is 0 Å². The van der Waals surface area contributed by atoms with Crippen molar-refractivity contribution in [3.05, 3.63) is 118 Å². The van der Waals surface area contributed by atoms with Gasteiger partial charge in [0.25, 0.3) is 0 Å². The summed E-state index contributed by atoms with van der Waals surface area (Å²) < 4.78 is 1.78. The van der Waals surface area contributed by atoms with Gasteiger partial charge in [0.15, 0.2) is 5.82 Å². The van der Waals surface area contributed by atoms with Gasteiger partial charge in [0.1, 0.15) is 11.5 Å². The predicted molar refractivity (Wildman–Crippen MR) is 154 cm³/mol. The van der Waals surface area contributed by atoms with Crippen molar-refractivity contribution in [2.24, 2.45) is 10.9 Å². The molecule has 6 rings (SSSR count). The number of rotatable bonds is 5. The number of hydrogen-bond donors (Lipinski definition) is 1. The van der Waals surface area contributed by atoms with Crippen molar-refractivity contribution in [2.45, 2.75) is 37.5 Å². The van der Waals surface area contributed by atoms with Crippen LogP contribution in [0.3, 0.4) is 0 Å². The second-order valence-electron chi connectivity index (χ2n) is 10.2. The van der Waals surface area contributed by atoms with E-state index in [1.54, 1.807) is 23.0 Å². The first-order chi connectivity index (χ1) is 18.9. The molecule has 4 aromatic rings. The molecule has 3 heterocycles. The normalized spacial score (nSPS) is 21.0. The molecule has 1 aromatic heterocycles. The van der Waals surface area contributed by atoms with Crippen LogP contribution in [0.4, 0.5) is 5.82 Å². The Hall–Kier alpha value is -3.45. The fraction of sp³-hybridized carbons (Fsp3) is 0.258. The summed E-state index contributed by atoms with van der Waals surface area (Å²) in [6.07, 6.45) is 3.14. The lowest BCUT2D eigenvalue weighted by atomic mass is 9.78. The van der Waals surface area contributed by atoms with Gasteiger partial charge in [-0.25, -0.2) is 9.67 Å². The smallest absolute Gasteiger partial charge is 0.234 e. The van der Waals surface area contributed by atoms with E-state index in [0.717, 1.165) is 23.1 Å². The van der Waals surface area contributed by atoms with E-state index in [4.69, 9.17) is 28.2 Å². The van der Waals surface area contributed by atoms with Gasteiger partial charge in [0, 0.05) is 18.3 Å². The van der Waals surface area contributed by atoms with Crippen LogP contribution in [0.2, 0.25) is 10.0 Å². The minimum atomic E-state index is -1.38. The number of aliphatic hydroxyl groups is 1. The van der Waals surface area contributed by atoms with Crippen LogP contribution in [0.1, 0.15) is 42.5 Å². The van der Waals surface area contributed by atoms with Crippen LogP contribution >= 0.6 is 23.2 Å². The van der Waals surface area contributed by atoms with E-state index in [0.29, 0.717) is 34.5 Å². The molecule has 0 spiro atoms. The summed E-state index contributed by atoms with van der Waals surface area (Å²) in [6, 6.07) is 25.6. The average molecular weight is 559 g/mol. The Labute approximate surface area is 237 Å².